The van der Waals surface area contributed by atoms with Crippen molar-refractivity contribution in [3.05, 3.63) is 0 Å². The lowest BCUT2D eigenvalue weighted by Gasteiger charge is -2.28. The Kier molecular flexibility index (Phi) is 6.82. The van der Waals surface area contributed by atoms with Gasteiger partial charge in [-0.1, -0.05) is 0 Å². The second-order valence-corrected chi connectivity index (χ2v) is 6.40. The maximum atomic E-state index is 13.0. The fraction of sp³-hybridized carbons (Fsp3) is 0.818. The van der Waals surface area contributed by atoms with E-state index in [0.717, 1.165) is 0 Å². The summed E-state index contributed by atoms with van der Waals surface area (Å²) in [5, 5.41) is -3.26. The number of hydrogen-bond donors (Lipinski definition) is 0. The third kappa shape index (κ3) is 6.18. The summed E-state index contributed by atoms with van der Waals surface area (Å²) in [5.74, 6) is -7.44. The molecule has 7 nitrogen and oxygen atoms in total. The van der Waals surface area contributed by atoms with Crippen LogP contribution in [-0.4, -0.2) is 48.5 Å². The van der Waals surface area contributed by atoms with Crippen molar-refractivity contribution < 1.29 is 45.2 Å². The summed E-state index contributed by atoms with van der Waals surface area (Å²) in [6.07, 6.45) is -7.47. The second kappa shape index (κ2) is 7.27. The fourth-order valence-corrected chi connectivity index (χ4v) is 2.34. The Bertz CT molecular complexity index is 510. The number of alkyl halides is 3. The molecule has 0 spiro atoms. The minimum atomic E-state index is -5.82. The summed E-state index contributed by atoms with van der Waals surface area (Å²) in [5.41, 5.74) is 0. The summed E-state index contributed by atoms with van der Waals surface area (Å²) in [6.45, 7) is 4.92. The van der Waals surface area contributed by atoms with Gasteiger partial charge in [0.1, 0.15) is 10.1 Å². The lowest BCUT2D eigenvalue weighted by Crippen LogP contribution is -2.50. The summed E-state index contributed by atoms with van der Waals surface area (Å²) >= 11 is 0. The highest BCUT2D eigenvalue weighted by Crippen LogP contribution is 2.34. The summed E-state index contributed by atoms with van der Waals surface area (Å²) in [6, 6.07) is 0. The molecule has 0 aromatic rings. The van der Waals surface area contributed by atoms with E-state index in [4.69, 9.17) is 0 Å². The molecule has 0 saturated heterocycles. The average molecular weight is 349 g/mol. The van der Waals surface area contributed by atoms with Gasteiger partial charge in [0.15, 0.2) is 11.2 Å². The first-order chi connectivity index (χ1) is 9.67. The van der Waals surface area contributed by atoms with Crippen LogP contribution in [0.15, 0.2) is 0 Å². The Morgan fingerprint density at radius 3 is 1.59 bits per heavy atom. The first-order valence-corrected chi connectivity index (χ1v) is 7.57. The molecule has 0 aliphatic rings. The van der Waals surface area contributed by atoms with Crippen molar-refractivity contribution in [2.24, 2.45) is 5.92 Å². The molecule has 0 saturated carbocycles. The Morgan fingerprint density at radius 1 is 0.955 bits per heavy atom. The van der Waals surface area contributed by atoms with Gasteiger partial charge in [0, 0.05) is 0 Å². The van der Waals surface area contributed by atoms with Crippen molar-refractivity contribution in [1.29, 1.82) is 0 Å². The zero-order chi connectivity index (χ0) is 17.9. The Labute approximate surface area is 125 Å². The predicted molar refractivity (Wildman–Crippen MR) is 65.5 cm³/mol. The van der Waals surface area contributed by atoms with E-state index in [-0.39, 0.29) is 0 Å². The van der Waals surface area contributed by atoms with Gasteiger partial charge in [-0.2, -0.15) is 13.2 Å². The van der Waals surface area contributed by atoms with Crippen LogP contribution in [0.4, 0.5) is 13.2 Å². The Balaban J connectivity index is 5.88. The molecule has 0 aliphatic carbocycles. The number of rotatable bonds is 6. The Hall–Kier alpha value is -1.36. The largest absolute Gasteiger partial charge is 0.747 e. The molecule has 0 amide bonds. The summed E-state index contributed by atoms with van der Waals surface area (Å²) in [7, 11) is -5.82. The molecule has 0 aromatic heterocycles. The van der Waals surface area contributed by atoms with Gasteiger partial charge in [-0.3, -0.25) is 9.59 Å². The molecule has 0 bridgehead atoms. The molecule has 130 valence electrons. The van der Waals surface area contributed by atoms with Crippen LogP contribution in [0.5, 0.6) is 0 Å². The zero-order valence-corrected chi connectivity index (χ0v) is 13.0. The third-order valence-corrected chi connectivity index (χ3v) is 3.24. The van der Waals surface area contributed by atoms with Gasteiger partial charge in [0.25, 0.3) is 0 Å². The lowest BCUT2D eigenvalue weighted by atomic mass is 10.0. The highest BCUT2D eigenvalue weighted by Gasteiger charge is 2.57. The van der Waals surface area contributed by atoms with Crippen molar-refractivity contribution in [3.8, 4) is 0 Å². The molecule has 0 heterocycles. The number of hydrogen-bond acceptors (Lipinski definition) is 7. The van der Waals surface area contributed by atoms with E-state index >= 15 is 0 Å². The number of esters is 2. The molecule has 0 N–H and O–H groups in total. The van der Waals surface area contributed by atoms with Gasteiger partial charge in [-0.15, -0.1) is 0 Å². The smallest absolute Gasteiger partial charge is 0.404 e. The zero-order valence-electron chi connectivity index (χ0n) is 12.2. The first-order valence-electron chi connectivity index (χ1n) is 6.10. The Morgan fingerprint density at radius 2 is 1.32 bits per heavy atom. The van der Waals surface area contributed by atoms with Gasteiger partial charge in [-0.25, -0.2) is 8.42 Å². The minimum absolute atomic E-state index is 0.980. The quantitative estimate of drug-likeness (QED) is 0.519. The summed E-state index contributed by atoms with van der Waals surface area (Å²) < 4.78 is 80.8. The van der Waals surface area contributed by atoms with E-state index in [1.165, 1.54) is 27.7 Å². The minimum Gasteiger partial charge on any atom is -0.747 e. The highest BCUT2D eigenvalue weighted by atomic mass is 32.2. The van der Waals surface area contributed by atoms with Crippen LogP contribution in [0.2, 0.25) is 0 Å². The molecule has 0 aliphatic heterocycles. The summed E-state index contributed by atoms with van der Waals surface area (Å²) in [4.78, 5) is 23.1. The normalized spacial score (nSPS) is 15.5. The molecule has 11 heteroatoms. The third-order valence-electron chi connectivity index (χ3n) is 2.16. The topological polar surface area (TPSA) is 110 Å². The van der Waals surface area contributed by atoms with Gasteiger partial charge in [0.05, 0.1) is 12.2 Å². The van der Waals surface area contributed by atoms with Crippen molar-refractivity contribution in [3.63, 3.8) is 0 Å². The van der Waals surface area contributed by atoms with Crippen LogP contribution in [0.3, 0.4) is 0 Å². The number of ether oxygens (including phenoxy) is 2. The molecule has 0 fully saturated rings. The number of carbonyl (C=O) groups excluding carboxylic acids is 2. The van der Waals surface area contributed by atoms with Crippen LogP contribution in [0.25, 0.3) is 0 Å². The molecular formula is C11H16F3O7S-. The maximum Gasteiger partial charge on any atom is 0.404 e. The van der Waals surface area contributed by atoms with Crippen LogP contribution >= 0.6 is 0 Å². The average Bonchev–Trinajstić information content (AvgIpc) is 2.19. The highest BCUT2D eigenvalue weighted by molar-refractivity contribution is 7.87. The van der Waals surface area contributed by atoms with E-state index in [0.29, 0.717) is 0 Å². The number of carbonyl (C=O) groups is 2. The van der Waals surface area contributed by atoms with Crippen molar-refractivity contribution in [2.45, 2.75) is 51.3 Å². The van der Waals surface area contributed by atoms with Crippen molar-refractivity contribution >= 4 is 22.1 Å². The van der Waals surface area contributed by atoms with E-state index in [2.05, 4.69) is 9.47 Å². The standard InChI is InChI=1S/C11H17F3O7S/c1-5(2)20-9(15)7(11(12,13)14)8(22(17,18)19)10(16)21-6(3)4/h5-8H,1-4H3,(H,17,18,19)/p-1. The lowest BCUT2D eigenvalue weighted by molar-refractivity contribution is -0.204. The monoisotopic (exact) mass is 349 g/mol. The van der Waals surface area contributed by atoms with Crippen LogP contribution in [0.1, 0.15) is 27.7 Å². The van der Waals surface area contributed by atoms with Gasteiger partial charge in [0.2, 0.25) is 0 Å². The van der Waals surface area contributed by atoms with Gasteiger partial charge >= 0.3 is 18.1 Å². The molecule has 0 rings (SSSR count). The fourth-order valence-electron chi connectivity index (χ4n) is 1.45. The second-order valence-electron chi connectivity index (χ2n) is 4.90. The van der Waals surface area contributed by atoms with E-state index < -0.39 is 51.6 Å². The number of halogens is 3. The van der Waals surface area contributed by atoms with E-state index in [1.54, 1.807) is 0 Å². The molecule has 22 heavy (non-hydrogen) atoms. The van der Waals surface area contributed by atoms with E-state index in [1.807, 2.05) is 0 Å². The SMILES string of the molecule is CC(C)OC(=O)C(C(C(=O)OC(C)C)S(=O)(=O)[O-])C(F)(F)F. The van der Waals surface area contributed by atoms with Crippen LogP contribution in [-0.2, 0) is 29.2 Å². The molecule has 2 unspecified atom stereocenters. The van der Waals surface area contributed by atoms with Crippen molar-refractivity contribution in [2.75, 3.05) is 0 Å². The first kappa shape index (κ1) is 20.6. The molecule has 0 aromatic carbocycles. The van der Waals surface area contributed by atoms with Crippen molar-refractivity contribution in [1.82, 2.24) is 0 Å². The van der Waals surface area contributed by atoms with E-state index in [9.17, 15) is 35.7 Å². The molecule has 2 atom stereocenters. The molecular weight excluding hydrogens is 333 g/mol. The molecule has 0 radical (unpaired) electrons. The van der Waals surface area contributed by atoms with Crippen LogP contribution < -0.4 is 0 Å². The van der Waals surface area contributed by atoms with Gasteiger partial charge in [-0.05, 0) is 27.7 Å². The van der Waals surface area contributed by atoms with Gasteiger partial charge < -0.3 is 14.0 Å². The van der Waals surface area contributed by atoms with Crippen LogP contribution in [0, 0.1) is 5.92 Å². The maximum absolute atomic E-state index is 13.0. The predicted octanol–water partition coefficient (Wildman–Crippen LogP) is 0.982.